The summed E-state index contributed by atoms with van der Waals surface area (Å²) >= 11 is 0. The molecule has 1 heterocycles. The van der Waals surface area contributed by atoms with E-state index >= 15 is 0 Å². The largest absolute Gasteiger partial charge is 0.618 e. The zero-order valence-corrected chi connectivity index (χ0v) is 20.8. The van der Waals surface area contributed by atoms with Crippen LogP contribution in [-0.4, -0.2) is 36.1 Å². The van der Waals surface area contributed by atoms with Gasteiger partial charge in [-0.1, -0.05) is 12.1 Å². The first-order valence-corrected chi connectivity index (χ1v) is 11.6. The van der Waals surface area contributed by atoms with Gasteiger partial charge in [0.05, 0.1) is 35.8 Å². The maximum absolute atomic E-state index is 12.9. The van der Waals surface area contributed by atoms with Gasteiger partial charge in [-0.2, -0.15) is 17.9 Å². The Morgan fingerprint density at radius 3 is 2.00 bits per heavy atom. The fourth-order valence-corrected chi connectivity index (χ4v) is 4.10. The Labute approximate surface area is 212 Å². The van der Waals surface area contributed by atoms with E-state index in [2.05, 4.69) is 5.32 Å². The molecule has 7 nitrogen and oxygen atoms in total. The summed E-state index contributed by atoms with van der Waals surface area (Å²) in [7, 11) is 0. The first-order chi connectivity index (χ1) is 17.5. The van der Waals surface area contributed by atoms with Gasteiger partial charge in [0, 0.05) is 29.1 Å². The average Bonchev–Trinajstić information content (AvgIpc) is 2.83. The van der Waals surface area contributed by atoms with Crippen molar-refractivity contribution < 1.29 is 37.0 Å². The Balaban J connectivity index is 2.07. The second-order valence-electron chi connectivity index (χ2n) is 8.25. The van der Waals surface area contributed by atoms with E-state index in [1.165, 1.54) is 24.3 Å². The molecule has 10 heteroatoms. The lowest BCUT2D eigenvalue weighted by Gasteiger charge is -2.30. The number of carbonyl (C=O) groups is 2. The topological polar surface area (TPSA) is 90.7 Å². The highest BCUT2D eigenvalue weighted by Gasteiger charge is 2.38. The SMILES string of the molecule is CCOC(=O)C1=C(C)NC(C)=C(C(=O)OCC)C1c1cccc(/[N+]([O-])=C/c2ccc(C(F)(F)F)cc2)c1. The van der Waals surface area contributed by atoms with Crippen LogP contribution in [0.4, 0.5) is 18.9 Å². The van der Waals surface area contributed by atoms with Gasteiger partial charge in [0.2, 0.25) is 5.69 Å². The van der Waals surface area contributed by atoms with Gasteiger partial charge < -0.3 is 20.0 Å². The van der Waals surface area contributed by atoms with Crippen LogP contribution in [0.25, 0.3) is 0 Å². The highest BCUT2D eigenvalue weighted by Crippen LogP contribution is 2.40. The molecule has 0 atom stereocenters. The third-order valence-corrected chi connectivity index (χ3v) is 5.71. The minimum Gasteiger partial charge on any atom is -0.618 e. The number of nitrogens with zero attached hydrogens (tertiary/aromatic N) is 1. The fraction of sp³-hybridized carbons (Fsp3) is 0.296. The van der Waals surface area contributed by atoms with E-state index < -0.39 is 29.6 Å². The quantitative estimate of drug-likeness (QED) is 0.176. The molecule has 0 amide bonds. The fourth-order valence-electron chi connectivity index (χ4n) is 4.10. The van der Waals surface area contributed by atoms with Gasteiger partial charge in [-0.3, -0.25) is 0 Å². The number of allylic oxidation sites excluding steroid dienone is 2. The van der Waals surface area contributed by atoms with E-state index in [-0.39, 0.29) is 35.6 Å². The van der Waals surface area contributed by atoms with E-state index in [0.29, 0.717) is 21.7 Å². The maximum Gasteiger partial charge on any atom is 0.416 e. The van der Waals surface area contributed by atoms with E-state index in [0.717, 1.165) is 18.3 Å². The van der Waals surface area contributed by atoms with Crippen molar-refractivity contribution in [3.8, 4) is 0 Å². The number of esters is 2. The lowest BCUT2D eigenvalue weighted by atomic mass is 9.80. The normalized spacial score (nSPS) is 14.9. The van der Waals surface area contributed by atoms with Gasteiger partial charge >= 0.3 is 18.1 Å². The van der Waals surface area contributed by atoms with Crippen molar-refractivity contribution in [1.29, 1.82) is 0 Å². The number of ether oxygens (including phenoxy) is 2. The zero-order chi connectivity index (χ0) is 27.3. The van der Waals surface area contributed by atoms with Crippen molar-refractivity contribution in [2.75, 3.05) is 13.2 Å². The van der Waals surface area contributed by atoms with Crippen LogP contribution in [0.15, 0.2) is 71.1 Å². The van der Waals surface area contributed by atoms with Crippen molar-refractivity contribution in [3.05, 3.63) is 93.0 Å². The Morgan fingerprint density at radius 1 is 0.973 bits per heavy atom. The molecule has 37 heavy (non-hydrogen) atoms. The molecule has 0 saturated heterocycles. The number of dihydropyridines is 1. The van der Waals surface area contributed by atoms with Crippen molar-refractivity contribution >= 4 is 23.8 Å². The van der Waals surface area contributed by atoms with Crippen LogP contribution in [0.3, 0.4) is 0 Å². The summed E-state index contributed by atoms with van der Waals surface area (Å²) in [6, 6.07) is 10.5. The van der Waals surface area contributed by atoms with Crippen LogP contribution < -0.4 is 5.32 Å². The predicted octanol–water partition coefficient (Wildman–Crippen LogP) is 5.33. The van der Waals surface area contributed by atoms with Crippen LogP contribution >= 0.6 is 0 Å². The van der Waals surface area contributed by atoms with Crippen LogP contribution in [0, 0.1) is 5.21 Å². The minimum atomic E-state index is -4.48. The Morgan fingerprint density at radius 2 is 1.51 bits per heavy atom. The van der Waals surface area contributed by atoms with E-state index in [9.17, 15) is 28.0 Å². The second kappa shape index (κ2) is 11.3. The third kappa shape index (κ3) is 6.19. The molecule has 2 aromatic carbocycles. The monoisotopic (exact) mass is 516 g/mol. The molecule has 0 aliphatic carbocycles. The number of hydrogen-bond acceptors (Lipinski definition) is 6. The molecular weight excluding hydrogens is 489 g/mol. The van der Waals surface area contributed by atoms with E-state index in [4.69, 9.17) is 9.47 Å². The third-order valence-electron chi connectivity index (χ3n) is 5.71. The number of halogens is 3. The molecule has 1 N–H and O–H groups in total. The molecule has 0 spiro atoms. The molecule has 3 rings (SSSR count). The predicted molar refractivity (Wildman–Crippen MR) is 131 cm³/mol. The maximum atomic E-state index is 12.9. The van der Waals surface area contributed by atoms with E-state index in [1.54, 1.807) is 39.8 Å². The molecule has 0 aromatic heterocycles. The molecule has 0 unspecified atom stereocenters. The summed E-state index contributed by atoms with van der Waals surface area (Å²) in [4.78, 5) is 25.9. The molecule has 2 aromatic rings. The summed E-state index contributed by atoms with van der Waals surface area (Å²) in [5.41, 5.74) is 1.46. The molecule has 0 bridgehead atoms. The van der Waals surface area contributed by atoms with Crippen LogP contribution in [-0.2, 0) is 25.2 Å². The molecule has 0 radical (unpaired) electrons. The number of nitrogens with one attached hydrogen (secondary N) is 1. The molecule has 1 aliphatic heterocycles. The first kappa shape index (κ1) is 27.5. The summed E-state index contributed by atoms with van der Waals surface area (Å²) in [5, 5.41) is 16.0. The van der Waals surface area contributed by atoms with Crippen molar-refractivity contribution in [2.24, 2.45) is 0 Å². The van der Waals surface area contributed by atoms with Crippen molar-refractivity contribution in [1.82, 2.24) is 5.32 Å². The van der Waals surface area contributed by atoms with Gasteiger partial charge in [-0.25, -0.2) is 9.59 Å². The van der Waals surface area contributed by atoms with E-state index in [1.807, 2.05) is 0 Å². The summed E-state index contributed by atoms with van der Waals surface area (Å²) < 4.78 is 49.5. The highest BCUT2D eigenvalue weighted by atomic mass is 19.4. The van der Waals surface area contributed by atoms with Crippen molar-refractivity contribution in [3.63, 3.8) is 0 Å². The summed E-state index contributed by atoms with van der Waals surface area (Å²) in [6.45, 7) is 6.95. The number of benzene rings is 2. The molecule has 0 saturated carbocycles. The minimum absolute atomic E-state index is 0.121. The van der Waals surface area contributed by atoms with Gasteiger partial charge in [0.1, 0.15) is 0 Å². The number of hydrogen-bond donors (Lipinski definition) is 1. The lowest BCUT2D eigenvalue weighted by Crippen LogP contribution is -2.32. The van der Waals surface area contributed by atoms with Crippen LogP contribution in [0.5, 0.6) is 0 Å². The number of rotatable bonds is 7. The van der Waals surface area contributed by atoms with Crippen molar-refractivity contribution in [2.45, 2.75) is 39.8 Å². The van der Waals surface area contributed by atoms with Gasteiger partial charge in [-0.05, 0) is 57.5 Å². The highest BCUT2D eigenvalue weighted by molar-refractivity contribution is 6.00. The number of alkyl halides is 3. The first-order valence-electron chi connectivity index (χ1n) is 11.6. The Bertz CT molecular complexity index is 1240. The molecular formula is C27H27F3N2O5. The standard InChI is InChI=1S/C27H27F3N2O5/c1-5-36-25(33)22-16(3)31-17(4)23(26(34)37-6-2)24(22)19-8-7-9-21(14-19)32(35)15-18-10-12-20(13-11-18)27(28,29)30/h7-15,24,31H,5-6H2,1-4H3/b32-15-. The summed E-state index contributed by atoms with van der Waals surface area (Å²) in [5.74, 6) is -2.11. The Kier molecular flexibility index (Phi) is 8.42. The smallest absolute Gasteiger partial charge is 0.416 e. The Hall–Kier alpha value is -4.08. The second-order valence-corrected chi connectivity index (χ2v) is 8.25. The van der Waals surface area contributed by atoms with Crippen LogP contribution in [0.1, 0.15) is 50.3 Å². The van der Waals surface area contributed by atoms with Gasteiger partial charge in [-0.15, -0.1) is 0 Å². The molecule has 196 valence electrons. The lowest BCUT2D eigenvalue weighted by molar-refractivity contribution is -0.354. The zero-order valence-electron chi connectivity index (χ0n) is 20.8. The number of carbonyl (C=O) groups excluding carboxylic acids is 2. The van der Waals surface area contributed by atoms with Gasteiger partial charge in [0.15, 0.2) is 6.21 Å². The molecule has 0 fully saturated rings. The summed E-state index contributed by atoms with van der Waals surface area (Å²) in [6.07, 6.45) is -3.34. The molecule has 1 aliphatic rings. The average molecular weight is 517 g/mol. The van der Waals surface area contributed by atoms with Gasteiger partial charge in [0.25, 0.3) is 0 Å². The van der Waals surface area contributed by atoms with Crippen LogP contribution in [0.2, 0.25) is 0 Å².